The van der Waals surface area contributed by atoms with Crippen LogP contribution in [0.25, 0.3) is 0 Å². The van der Waals surface area contributed by atoms with Crippen LogP contribution >= 0.6 is 12.4 Å². The zero-order valence-electron chi connectivity index (χ0n) is 12.9. The summed E-state index contributed by atoms with van der Waals surface area (Å²) in [6.07, 6.45) is 5.55. The van der Waals surface area contributed by atoms with E-state index in [0.29, 0.717) is 24.2 Å². The van der Waals surface area contributed by atoms with Gasteiger partial charge in [-0.3, -0.25) is 4.79 Å². The molecule has 0 fully saturated rings. The third-order valence-electron chi connectivity index (χ3n) is 3.00. The lowest BCUT2D eigenvalue weighted by Crippen LogP contribution is -2.11. The Hall–Kier alpha value is -1.11. The number of nitrogens with two attached hydrogens (primary N) is 1. The summed E-state index contributed by atoms with van der Waals surface area (Å²) in [5.74, 6) is -0.0604. The Morgan fingerprint density at radius 2 is 1.86 bits per heavy atom. The topological polar surface area (TPSA) is 89.3 Å². The van der Waals surface area contributed by atoms with Gasteiger partial charge in [0.1, 0.15) is 0 Å². The molecule has 0 spiro atoms. The van der Waals surface area contributed by atoms with Crippen LogP contribution in [0.15, 0.2) is 24.3 Å². The number of nitrogens with one attached hydrogen (secondary N) is 1. The van der Waals surface area contributed by atoms with E-state index in [4.69, 9.17) is 5.73 Å². The van der Waals surface area contributed by atoms with Crippen LogP contribution < -0.4 is 11.1 Å². The summed E-state index contributed by atoms with van der Waals surface area (Å²) in [5, 5.41) is 2.80. The molecule has 3 N–H and O–H groups in total. The molecular weight excluding hydrogens is 324 g/mol. The number of carbonyl (C=O) groups excluding carboxylic acids is 1. The van der Waals surface area contributed by atoms with Gasteiger partial charge in [0.05, 0.1) is 5.75 Å². The van der Waals surface area contributed by atoms with E-state index in [0.717, 1.165) is 25.7 Å². The normalized spacial score (nSPS) is 10.8. The van der Waals surface area contributed by atoms with Crippen molar-refractivity contribution in [1.29, 1.82) is 0 Å². The highest BCUT2D eigenvalue weighted by atomic mass is 35.5. The second kappa shape index (κ2) is 10.6. The quantitative estimate of drug-likeness (QED) is 0.671. The number of hydrogen-bond donors (Lipinski definition) is 2. The number of rotatable bonds is 9. The van der Waals surface area contributed by atoms with Gasteiger partial charge < -0.3 is 11.1 Å². The fraction of sp³-hybridized carbons (Fsp3) is 0.533. The second-order valence-corrected chi connectivity index (χ2v) is 7.41. The van der Waals surface area contributed by atoms with Crippen molar-refractivity contribution in [3.8, 4) is 0 Å². The van der Waals surface area contributed by atoms with E-state index < -0.39 is 9.84 Å². The summed E-state index contributed by atoms with van der Waals surface area (Å²) < 4.78 is 22.5. The van der Waals surface area contributed by atoms with E-state index >= 15 is 0 Å². The first-order chi connectivity index (χ1) is 9.90. The van der Waals surface area contributed by atoms with Gasteiger partial charge in [0, 0.05) is 18.4 Å². The number of amides is 1. The van der Waals surface area contributed by atoms with Crippen molar-refractivity contribution in [2.45, 2.75) is 37.9 Å². The Morgan fingerprint density at radius 3 is 2.50 bits per heavy atom. The fourth-order valence-electron chi connectivity index (χ4n) is 2.05. The molecule has 0 aliphatic rings. The number of carbonyl (C=O) groups is 1. The smallest absolute Gasteiger partial charge is 0.224 e. The summed E-state index contributed by atoms with van der Waals surface area (Å²) in [5.41, 5.74) is 6.73. The molecule has 0 bridgehead atoms. The molecule has 1 aromatic carbocycles. The van der Waals surface area contributed by atoms with Gasteiger partial charge in [0.15, 0.2) is 9.84 Å². The highest BCUT2D eigenvalue weighted by Crippen LogP contribution is 2.14. The van der Waals surface area contributed by atoms with E-state index in [1.807, 2.05) is 0 Å². The molecule has 7 heteroatoms. The van der Waals surface area contributed by atoms with E-state index in [2.05, 4.69) is 5.32 Å². The molecule has 1 rings (SSSR count). The van der Waals surface area contributed by atoms with Crippen LogP contribution in [0.2, 0.25) is 0 Å². The molecular formula is C15H25ClN2O3S. The van der Waals surface area contributed by atoms with Crippen LogP contribution in [0.4, 0.5) is 5.69 Å². The molecule has 0 aliphatic carbocycles. The first-order valence-electron chi connectivity index (χ1n) is 7.17. The standard InChI is InChI=1S/C15H24N2O3S.ClH/c1-21(19,20)12-13-7-6-8-14(11-13)17-15(18)9-4-2-3-5-10-16;/h6-8,11H,2-5,9-10,12,16H2,1H3,(H,17,18);1H. The number of hydrogen-bond acceptors (Lipinski definition) is 4. The lowest BCUT2D eigenvalue weighted by molar-refractivity contribution is -0.116. The Balaban J connectivity index is 0.00000441. The fourth-order valence-corrected chi connectivity index (χ4v) is 2.83. The molecule has 5 nitrogen and oxygen atoms in total. The molecule has 1 aromatic rings. The molecule has 0 atom stereocenters. The Labute approximate surface area is 139 Å². The van der Waals surface area contributed by atoms with Crippen LogP contribution in [-0.4, -0.2) is 27.1 Å². The predicted octanol–water partition coefficient (Wildman–Crippen LogP) is 2.50. The van der Waals surface area contributed by atoms with Crippen LogP contribution in [-0.2, 0) is 20.4 Å². The van der Waals surface area contributed by atoms with E-state index in [-0.39, 0.29) is 24.1 Å². The lowest BCUT2D eigenvalue weighted by atomic mass is 10.1. The summed E-state index contributed by atoms with van der Waals surface area (Å²) in [4.78, 5) is 11.8. The van der Waals surface area contributed by atoms with Crippen molar-refractivity contribution < 1.29 is 13.2 Å². The molecule has 0 radical (unpaired) electrons. The minimum absolute atomic E-state index is 0. The molecule has 1 amide bonds. The number of unbranched alkanes of at least 4 members (excludes halogenated alkanes) is 3. The molecule has 0 heterocycles. The van der Waals surface area contributed by atoms with E-state index in [1.165, 1.54) is 6.26 Å². The number of sulfone groups is 1. The average Bonchev–Trinajstić information content (AvgIpc) is 2.37. The van der Waals surface area contributed by atoms with Gasteiger partial charge in [-0.1, -0.05) is 25.0 Å². The molecule has 0 aromatic heterocycles. The predicted molar refractivity (Wildman–Crippen MR) is 93.0 cm³/mol. The van der Waals surface area contributed by atoms with Gasteiger partial charge in [0.2, 0.25) is 5.91 Å². The summed E-state index contributed by atoms with van der Waals surface area (Å²) in [6.45, 7) is 0.694. The zero-order valence-corrected chi connectivity index (χ0v) is 14.5. The highest BCUT2D eigenvalue weighted by molar-refractivity contribution is 7.89. The SMILES string of the molecule is CS(=O)(=O)Cc1cccc(NC(=O)CCCCCCN)c1.Cl. The van der Waals surface area contributed by atoms with Crippen molar-refractivity contribution in [3.05, 3.63) is 29.8 Å². The summed E-state index contributed by atoms with van der Waals surface area (Å²) in [7, 11) is -3.07. The molecule has 0 saturated carbocycles. The maximum Gasteiger partial charge on any atom is 0.224 e. The van der Waals surface area contributed by atoms with Gasteiger partial charge >= 0.3 is 0 Å². The number of halogens is 1. The van der Waals surface area contributed by atoms with Gasteiger partial charge in [-0.2, -0.15) is 0 Å². The Kier molecular flexibility index (Phi) is 10.1. The minimum Gasteiger partial charge on any atom is -0.330 e. The van der Waals surface area contributed by atoms with Crippen LogP contribution in [0.5, 0.6) is 0 Å². The summed E-state index contributed by atoms with van der Waals surface area (Å²) >= 11 is 0. The van der Waals surface area contributed by atoms with Gasteiger partial charge in [0.25, 0.3) is 0 Å². The lowest BCUT2D eigenvalue weighted by Gasteiger charge is -2.07. The van der Waals surface area contributed by atoms with Crippen molar-refractivity contribution in [3.63, 3.8) is 0 Å². The number of anilines is 1. The van der Waals surface area contributed by atoms with Crippen molar-refractivity contribution >= 4 is 33.8 Å². The van der Waals surface area contributed by atoms with Gasteiger partial charge in [-0.15, -0.1) is 12.4 Å². The maximum atomic E-state index is 11.8. The first kappa shape index (κ1) is 20.9. The third kappa shape index (κ3) is 9.76. The monoisotopic (exact) mass is 348 g/mol. The second-order valence-electron chi connectivity index (χ2n) is 5.27. The average molecular weight is 349 g/mol. The van der Waals surface area contributed by atoms with Crippen molar-refractivity contribution in [2.24, 2.45) is 5.73 Å². The van der Waals surface area contributed by atoms with Crippen molar-refractivity contribution in [1.82, 2.24) is 0 Å². The molecule has 126 valence electrons. The van der Waals surface area contributed by atoms with Gasteiger partial charge in [-0.05, 0) is 37.1 Å². The highest BCUT2D eigenvalue weighted by Gasteiger charge is 2.07. The van der Waals surface area contributed by atoms with Gasteiger partial charge in [-0.25, -0.2) is 8.42 Å². The van der Waals surface area contributed by atoms with Crippen molar-refractivity contribution in [2.75, 3.05) is 18.1 Å². The third-order valence-corrected chi connectivity index (χ3v) is 3.86. The molecule has 22 heavy (non-hydrogen) atoms. The first-order valence-corrected chi connectivity index (χ1v) is 9.23. The minimum atomic E-state index is -3.07. The van der Waals surface area contributed by atoms with E-state index in [1.54, 1.807) is 24.3 Å². The van der Waals surface area contributed by atoms with Crippen LogP contribution in [0, 0.1) is 0 Å². The summed E-state index contributed by atoms with van der Waals surface area (Å²) in [6, 6.07) is 6.95. The maximum absolute atomic E-state index is 11.8. The molecule has 0 unspecified atom stereocenters. The van der Waals surface area contributed by atoms with Crippen LogP contribution in [0.1, 0.15) is 37.7 Å². The Bertz CT molecular complexity index is 562. The van der Waals surface area contributed by atoms with E-state index in [9.17, 15) is 13.2 Å². The molecule has 0 saturated heterocycles. The molecule has 0 aliphatic heterocycles. The zero-order chi connectivity index (χ0) is 15.7. The largest absolute Gasteiger partial charge is 0.330 e. The Morgan fingerprint density at radius 1 is 1.18 bits per heavy atom. The van der Waals surface area contributed by atoms with Crippen LogP contribution in [0.3, 0.4) is 0 Å². The number of benzene rings is 1.